The number of hydrogen-bond acceptors (Lipinski definition) is 3. The third kappa shape index (κ3) is 2.34. The zero-order valence-electron chi connectivity index (χ0n) is 12.5. The summed E-state index contributed by atoms with van der Waals surface area (Å²) in [4.78, 5) is 34.8. The number of aliphatic carboxylic acids is 1. The van der Waals surface area contributed by atoms with E-state index in [0.29, 0.717) is 24.2 Å². The average molecular weight is 302 g/mol. The van der Waals surface area contributed by atoms with Crippen LogP contribution in [0.4, 0.5) is 11.4 Å². The SMILES string of the molecule is CC1(C)[C@H](C(=O)O)[C@@H]1C(=O)Nc1ccc2c(c1)NC(=O)CC2. The molecule has 0 aromatic heterocycles. The van der Waals surface area contributed by atoms with Gasteiger partial charge < -0.3 is 15.7 Å². The smallest absolute Gasteiger partial charge is 0.307 e. The number of carboxylic acid groups (broad SMARTS) is 1. The first kappa shape index (κ1) is 14.6. The van der Waals surface area contributed by atoms with Crippen LogP contribution < -0.4 is 10.6 Å². The highest BCUT2D eigenvalue weighted by molar-refractivity contribution is 6.01. The third-order valence-electron chi connectivity index (χ3n) is 4.65. The van der Waals surface area contributed by atoms with Gasteiger partial charge in [0, 0.05) is 17.8 Å². The van der Waals surface area contributed by atoms with Gasteiger partial charge >= 0.3 is 5.97 Å². The third-order valence-corrected chi connectivity index (χ3v) is 4.65. The molecule has 3 rings (SSSR count). The van der Waals surface area contributed by atoms with Crippen LogP contribution in [0.5, 0.6) is 0 Å². The van der Waals surface area contributed by atoms with E-state index in [1.807, 2.05) is 6.07 Å². The number of hydrogen-bond donors (Lipinski definition) is 3. The maximum Gasteiger partial charge on any atom is 0.307 e. The van der Waals surface area contributed by atoms with Gasteiger partial charge in [0.05, 0.1) is 11.8 Å². The predicted molar refractivity (Wildman–Crippen MR) is 80.4 cm³/mol. The van der Waals surface area contributed by atoms with Crippen LogP contribution in [0.1, 0.15) is 25.8 Å². The monoisotopic (exact) mass is 302 g/mol. The molecule has 1 heterocycles. The van der Waals surface area contributed by atoms with E-state index in [2.05, 4.69) is 10.6 Å². The molecule has 22 heavy (non-hydrogen) atoms. The van der Waals surface area contributed by atoms with E-state index in [-0.39, 0.29) is 11.8 Å². The molecule has 0 radical (unpaired) electrons. The Morgan fingerprint density at radius 1 is 1.27 bits per heavy atom. The summed E-state index contributed by atoms with van der Waals surface area (Å²) >= 11 is 0. The lowest BCUT2D eigenvalue weighted by Crippen LogP contribution is -2.20. The summed E-state index contributed by atoms with van der Waals surface area (Å²) in [6.45, 7) is 3.56. The molecule has 2 aliphatic rings. The van der Waals surface area contributed by atoms with E-state index >= 15 is 0 Å². The van der Waals surface area contributed by atoms with Gasteiger partial charge in [0.15, 0.2) is 0 Å². The second-order valence-corrected chi connectivity index (χ2v) is 6.52. The molecule has 1 aliphatic heterocycles. The van der Waals surface area contributed by atoms with Crippen molar-refractivity contribution in [1.82, 2.24) is 0 Å². The van der Waals surface area contributed by atoms with Gasteiger partial charge in [0.25, 0.3) is 0 Å². The Hall–Kier alpha value is -2.37. The van der Waals surface area contributed by atoms with Crippen LogP contribution in [0.15, 0.2) is 18.2 Å². The van der Waals surface area contributed by atoms with E-state index in [1.54, 1.807) is 26.0 Å². The molecule has 6 heteroatoms. The summed E-state index contributed by atoms with van der Waals surface area (Å²) in [6, 6.07) is 5.37. The first-order valence-corrected chi connectivity index (χ1v) is 7.27. The fourth-order valence-corrected chi connectivity index (χ4v) is 3.26. The molecule has 1 saturated carbocycles. The van der Waals surface area contributed by atoms with E-state index in [1.165, 1.54) is 0 Å². The van der Waals surface area contributed by atoms with Crippen LogP contribution in [-0.2, 0) is 20.8 Å². The van der Waals surface area contributed by atoms with E-state index in [9.17, 15) is 14.4 Å². The second kappa shape index (κ2) is 4.83. The van der Waals surface area contributed by atoms with E-state index < -0.39 is 23.2 Å². The number of carboxylic acids is 1. The largest absolute Gasteiger partial charge is 0.481 e. The van der Waals surface area contributed by atoms with Crippen molar-refractivity contribution in [2.45, 2.75) is 26.7 Å². The molecule has 116 valence electrons. The highest BCUT2D eigenvalue weighted by Crippen LogP contribution is 2.58. The maximum absolute atomic E-state index is 12.3. The molecule has 0 spiro atoms. The molecular formula is C16H18N2O4. The lowest BCUT2D eigenvalue weighted by atomic mass is 10.0. The highest BCUT2D eigenvalue weighted by Gasteiger charge is 2.65. The standard InChI is InChI=1S/C16H18N2O4/c1-16(2)12(13(16)15(21)22)14(20)17-9-5-3-8-4-6-11(19)18-10(8)7-9/h3,5,7,12-13H,4,6H2,1-2H3,(H,17,20)(H,18,19)(H,21,22)/t12-,13+/m1/s1. The zero-order valence-corrected chi connectivity index (χ0v) is 12.5. The molecule has 0 unspecified atom stereocenters. The number of carbonyl (C=O) groups excluding carboxylic acids is 2. The van der Waals surface area contributed by atoms with Crippen LogP contribution >= 0.6 is 0 Å². The van der Waals surface area contributed by atoms with Gasteiger partial charge in [-0.25, -0.2) is 0 Å². The maximum atomic E-state index is 12.3. The van der Waals surface area contributed by atoms with Crippen molar-refractivity contribution in [3.05, 3.63) is 23.8 Å². The molecule has 2 atom stereocenters. The zero-order chi connectivity index (χ0) is 16.1. The molecule has 1 aliphatic carbocycles. The molecule has 0 bridgehead atoms. The van der Waals surface area contributed by atoms with Gasteiger partial charge in [-0.3, -0.25) is 14.4 Å². The highest BCUT2D eigenvalue weighted by atomic mass is 16.4. The van der Waals surface area contributed by atoms with Gasteiger partial charge in [0.1, 0.15) is 0 Å². The summed E-state index contributed by atoms with van der Waals surface area (Å²) in [6.07, 6.45) is 1.15. The number of carbonyl (C=O) groups is 3. The predicted octanol–water partition coefficient (Wildman–Crippen LogP) is 1.87. The van der Waals surface area contributed by atoms with Crippen molar-refractivity contribution in [1.29, 1.82) is 0 Å². The lowest BCUT2D eigenvalue weighted by molar-refractivity contribution is -0.140. The summed E-state index contributed by atoms with van der Waals surface area (Å²) in [5.41, 5.74) is 1.78. The van der Waals surface area contributed by atoms with Crippen molar-refractivity contribution < 1.29 is 19.5 Å². The molecule has 1 aromatic carbocycles. The van der Waals surface area contributed by atoms with Crippen LogP contribution in [0.3, 0.4) is 0 Å². The fraction of sp³-hybridized carbons (Fsp3) is 0.438. The van der Waals surface area contributed by atoms with Gasteiger partial charge in [-0.05, 0) is 29.5 Å². The van der Waals surface area contributed by atoms with Crippen molar-refractivity contribution in [2.75, 3.05) is 10.6 Å². The summed E-state index contributed by atoms with van der Waals surface area (Å²) < 4.78 is 0. The lowest BCUT2D eigenvalue weighted by Gasteiger charge is -2.18. The molecule has 2 amide bonds. The van der Waals surface area contributed by atoms with Crippen LogP contribution in [0.2, 0.25) is 0 Å². The summed E-state index contributed by atoms with van der Waals surface area (Å²) in [5.74, 6) is -2.45. The number of fused-ring (bicyclic) bond motifs is 1. The minimum absolute atomic E-state index is 0.0368. The molecule has 1 aromatic rings. The van der Waals surface area contributed by atoms with Gasteiger partial charge in [0.2, 0.25) is 11.8 Å². The summed E-state index contributed by atoms with van der Waals surface area (Å²) in [5, 5.41) is 14.7. The van der Waals surface area contributed by atoms with E-state index in [4.69, 9.17) is 5.11 Å². The van der Waals surface area contributed by atoms with E-state index in [0.717, 1.165) is 5.56 Å². The Labute approximate surface area is 127 Å². The Bertz CT molecular complexity index is 681. The molecule has 3 N–H and O–H groups in total. The number of amides is 2. The first-order valence-electron chi connectivity index (χ1n) is 7.27. The Balaban J connectivity index is 1.74. The second-order valence-electron chi connectivity index (χ2n) is 6.52. The van der Waals surface area contributed by atoms with Crippen molar-refractivity contribution in [3.8, 4) is 0 Å². The normalized spacial score (nSPS) is 24.9. The number of rotatable bonds is 3. The topological polar surface area (TPSA) is 95.5 Å². The van der Waals surface area contributed by atoms with Crippen molar-refractivity contribution in [2.24, 2.45) is 17.3 Å². The number of nitrogens with one attached hydrogen (secondary N) is 2. The Morgan fingerprint density at radius 3 is 2.64 bits per heavy atom. The van der Waals surface area contributed by atoms with Crippen molar-refractivity contribution in [3.63, 3.8) is 0 Å². The minimum Gasteiger partial charge on any atom is -0.481 e. The van der Waals surface area contributed by atoms with Gasteiger partial charge in [-0.2, -0.15) is 0 Å². The van der Waals surface area contributed by atoms with Gasteiger partial charge in [-0.15, -0.1) is 0 Å². The first-order chi connectivity index (χ1) is 10.3. The average Bonchev–Trinajstić information content (AvgIpc) is 3.01. The minimum atomic E-state index is -0.942. The molecule has 6 nitrogen and oxygen atoms in total. The van der Waals surface area contributed by atoms with Gasteiger partial charge in [-0.1, -0.05) is 19.9 Å². The number of aryl methyl sites for hydroxylation is 1. The Morgan fingerprint density at radius 2 is 2.00 bits per heavy atom. The molecular weight excluding hydrogens is 284 g/mol. The summed E-state index contributed by atoms with van der Waals surface area (Å²) in [7, 11) is 0. The van der Waals surface area contributed by atoms with Crippen LogP contribution in [0, 0.1) is 17.3 Å². The Kier molecular flexibility index (Phi) is 3.20. The quantitative estimate of drug-likeness (QED) is 0.794. The fourth-order valence-electron chi connectivity index (χ4n) is 3.26. The molecule has 0 saturated heterocycles. The van der Waals surface area contributed by atoms with Crippen LogP contribution in [0.25, 0.3) is 0 Å². The van der Waals surface area contributed by atoms with Crippen LogP contribution in [-0.4, -0.2) is 22.9 Å². The molecule has 1 fully saturated rings. The number of benzene rings is 1. The number of anilines is 2. The van der Waals surface area contributed by atoms with Crippen molar-refractivity contribution >= 4 is 29.2 Å².